The van der Waals surface area contributed by atoms with E-state index in [0.717, 1.165) is 19.4 Å². The predicted octanol–water partition coefficient (Wildman–Crippen LogP) is 2.01. The number of hydrogen-bond acceptors (Lipinski definition) is 1. The summed E-state index contributed by atoms with van der Waals surface area (Å²) in [6, 6.07) is 8.66. The van der Waals surface area contributed by atoms with Crippen LogP contribution in [0.4, 0.5) is 0 Å². The summed E-state index contributed by atoms with van der Waals surface area (Å²) in [5.41, 5.74) is 2.96. The molecule has 0 unspecified atom stereocenters. The Balaban J connectivity index is 2.68. The van der Waals surface area contributed by atoms with E-state index in [9.17, 15) is 0 Å². The number of hydrogen-bond donors (Lipinski definition) is 1. The van der Waals surface area contributed by atoms with E-state index in [1.165, 1.54) is 11.1 Å². The molecule has 0 atom stereocenters. The fraction of sp³-hybridized carbons (Fsp3) is 0.455. The zero-order chi connectivity index (χ0) is 8.81. The minimum absolute atomic E-state index is 1.07. The first-order valence-electron chi connectivity index (χ1n) is 4.60. The van der Waals surface area contributed by atoms with E-state index in [1.54, 1.807) is 0 Å². The minimum Gasteiger partial charge on any atom is -0.319 e. The first-order valence-corrected chi connectivity index (χ1v) is 4.60. The Morgan fingerprint density at radius 1 is 1.17 bits per heavy atom. The Hall–Kier alpha value is -0.820. The van der Waals surface area contributed by atoms with E-state index in [0.29, 0.717) is 0 Å². The number of benzene rings is 1. The predicted molar refractivity (Wildman–Crippen MR) is 53.5 cm³/mol. The molecule has 1 aromatic carbocycles. The summed E-state index contributed by atoms with van der Waals surface area (Å²) in [5.74, 6) is 0. The van der Waals surface area contributed by atoms with Crippen molar-refractivity contribution in [3.05, 3.63) is 35.4 Å². The second kappa shape index (κ2) is 4.94. The molecule has 0 saturated heterocycles. The first kappa shape index (κ1) is 9.27. The molecule has 12 heavy (non-hydrogen) atoms. The van der Waals surface area contributed by atoms with Crippen LogP contribution in [0.3, 0.4) is 0 Å². The average Bonchev–Trinajstić information content (AvgIpc) is 2.15. The van der Waals surface area contributed by atoms with E-state index in [-0.39, 0.29) is 0 Å². The van der Waals surface area contributed by atoms with Crippen LogP contribution in [-0.4, -0.2) is 13.6 Å². The number of nitrogens with one attached hydrogen (secondary N) is 1. The van der Waals surface area contributed by atoms with E-state index in [1.807, 2.05) is 7.05 Å². The summed E-state index contributed by atoms with van der Waals surface area (Å²) in [4.78, 5) is 0. The standard InChI is InChI=1S/C11H17N/c1-3-10-6-4-5-7-11(10)8-9-12-2/h4-7,12H,3,8-9H2,1-2H3. The van der Waals surface area contributed by atoms with Crippen molar-refractivity contribution in [3.63, 3.8) is 0 Å². The highest BCUT2D eigenvalue weighted by atomic mass is 14.8. The van der Waals surface area contributed by atoms with Gasteiger partial charge >= 0.3 is 0 Å². The van der Waals surface area contributed by atoms with Crippen LogP contribution in [0.5, 0.6) is 0 Å². The molecule has 0 aromatic heterocycles. The molecule has 1 heteroatoms. The maximum absolute atomic E-state index is 3.17. The van der Waals surface area contributed by atoms with Crippen molar-refractivity contribution < 1.29 is 0 Å². The zero-order valence-corrected chi connectivity index (χ0v) is 7.93. The molecular weight excluding hydrogens is 146 g/mol. The van der Waals surface area contributed by atoms with Gasteiger partial charge in [0.25, 0.3) is 0 Å². The SMILES string of the molecule is CCc1ccccc1CCNC. The van der Waals surface area contributed by atoms with Crippen molar-refractivity contribution in [2.24, 2.45) is 0 Å². The van der Waals surface area contributed by atoms with E-state index < -0.39 is 0 Å². The Labute approximate surface area is 74.8 Å². The lowest BCUT2D eigenvalue weighted by atomic mass is 10.0. The molecule has 1 aromatic rings. The summed E-state index contributed by atoms with van der Waals surface area (Å²) in [7, 11) is 1.99. The van der Waals surface area contributed by atoms with Gasteiger partial charge in [0.15, 0.2) is 0 Å². The summed E-state index contributed by atoms with van der Waals surface area (Å²) < 4.78 is 0. The normalized spacial score (nSPS) is 10.2. The molecule has 0 spiro atoms. The lowest BCUT2D eigenvalue weighted by molar-refractivity contribution is 0.785. The summed E-state index contributed by atoms with van der Waals surface area (Å²) in [5, 5.41) is 3.17. The van der Waals surface area contributed by atoms with Gasteiger partial charge in [-0.15, -0.1) is 0 Å². The molecule has 0 radical (unpaired) electrons. The summed E-state index contributed by atoms with van der Waals surface area (Å²) in [6.07, 6.45) is 2.28. The largest absolute Gasteiger partial charge is 0.319 e. The molecule has 1 rings (SSSR count). The van der Waals surface area contributed by atoms with Crippen molar-refractivity contribution in [3.8, 4) is 0 Å². The molecule has 0 fully saturated rings. The van der Waals surface area contributed by atoms with Crippen molar-refractivity contribution in [1.29, 1.82) is 0 Å². The second-order valence-electron chi connectivity index (χ2n) is 2.98. The molecule has 1 N–H and O–H groups in total. The second-order valence-corrected chi connectivity index (χ2v) is 2.98. The molecule has 0 aliphatic heterocycles. The van der Waals surface area contributed by atoms with E-state index in [4.69, 9.17) is 0 Å². The molecular formula is C11H17N. The Bertz CT molecular complexity index is 230. The highest BCUT2D eigenvalue weighted by molar-refractivity contribution is 5.27. The summed E-state index contributed by atoms with van der Waals surface area (Å²) >= 11 is 0. The first-order chi connectivity index (χ1) is 5.88. The molecule has 0 aliphatic rings. The quantitative estimate of drug-likeness (QED) is 0.716. The monoisotopic (exact) mass is 163 g/mol. The molecule has 0 heterocycles. The van der Waals surface area contributed by atoms with Gasteiger partial charge in [-0.2, -0.15) is 0 Å². The van der Waals surface area contributed by atoms with Gasteiger partial charge < -0.3 is 5.32 Å². The van der Waals surface area contributed by atoms with Crippen molar-refractivity contribution in [2.75, 3.05) is 13.6 Å². The van der Waals surface area contributed by atoms with Crippen LogP contribution in [0.25, 0.3) is 0 Å². The van der Waals surface area contributed by atoms with Gasteiger partial charge in [0.1, 0.15) is 0 Å². The average molecular weight is 163 g/mol. The van der Waals surface area contributed by atoms with Crippen molar-refractivity contribution in [1.82, 2.24) is 5.32 Å². The number of likely N-dealkylation sites (N-methyl/N-ethyl adjacent to an activating group) is 1. The molecule has 0 amide bonds. The molecule has 0 saturated carbocycles. The third-order valence-corrected chi connectivity index (χ3v) is 2.14. The van der Waals surface area contributed by atoms with Gasteiger partial charge in [-0.1, -0.05) is 31.2 Å². The van der Waals surface area contributed by atoms with Crippen LogP contribution in [0, 0.1) is 0 Å². The maximum atomic E-state index is 3.17. The van der Waals surface area contributed by atoms with Crippen LogP contribution in [0.1, 0.15) is 18.1 Å². The lowest BCUT2D eigenvalue weighted by Crippen LogP contribution is -2.11. The highest BCUT2D eigenvalue weighted by Crippen LogP contribution is 2.09. The van der Waals surface area contributed by atoms with Crippen LogP contribution in [-0.2, 0) is 12.8 Å². The van der Waals surface area contributed by atoms with Gasteiger partial charge in [-0.05, 0) is 37.6 Å². The molecule has 66 valence electrons. The van der Waals surface area contributed by atoms with Crippen molar-refractivity contribution in [2.45, 2.75) is 19.8 Å². The van der Waals surface area contributed by atoms with Crippen molar-refractivity contribution >= 4 is 0 Å². The third-order valence-electron chi connectivity index (χ3n) is 2.14. The topological polar surface area (TPSA) is 12.0 Å². The Morgan fingerprint density at radius 2 is 1.83 bits per heavy atom. The fourth-order valence-electron chi connectivity index (χ4n) is 1.41. The third kappa shape index (κ3) is 2.35. The molecule has 1 nitrogen and oxygen atoms in total. The van der Waals surface area contributed by atoms with E-state index in [2.05, 4.69) is 36.5 Å². The smallest absolute Gasteiger partial charge is 0.00113 e. The maximum Gasteiger partial charge on any atom is -0.00113 e. The minimum atomic E-state index is 1.07. The Morgan fingerprint density at radius 3 is 2.42 bits per heavy atom. The molecule has 0 aliphatic carbocycles. The number of rotatable bonds is 4. The van der Waals surface area contributed by atoms with Gasteiger partial charge in [0, 0.05) is 0 Å². The number of aryl methyl sites for hydroxylation is 1. The zero-order valence-electron chi connectivity index (χ0n) is 7.93. The fourth-order valence-corrected chi connectivity index (χ4v) is 1.41. The van der Waals surface area contributed by atoms with Crippen LogP contribution in [0.2, 0.25) is 0 Å². The Kier molecular flexibility index (Phi) is 3.81. The van der Waals surface area contributed by atoms with Crippen LogP contribution in [0.15, 0.2) is 24.3 Å². The van der Waals surface area contributed by atoms with Gasteiger partial charge in [-0.3, -0.25) is 0 Å². The van der Waals surface area contributed by atoms with Gasteiger partial charge in [-0.25, -0.2) is 0 Å². The summed E-state index contributed by atoms with van der Waals surface area (Å²) in [6.45, 7) is 3.27. The van der Waals surface area contributed by atoms with Crippen LogP contribution < -0.4 is 5.32 Å². The molecule has 0 bridgehead atoms. The highest BCUT2D eigenvalue weighted by Gasteiger charge is 1.97. The van der Waals surface area contributed by atoms with Crippen LogP contribution >= 0.6 is 0 Å². The van der Waals surface area contributed by atoms with Gasteiger partial charge in [0.05, 0.1) is 0 Å². The van der Waals surface area contributed by atoms with Gasteiger partial charge in [0.2, 0.25) is 0 Å². The van der Waals surface area contributed by atoms with E-state index >= 15 is 0 Å². The lowest BCUT2D eigenvalue weighted by Gasteiger charge is -2.06.